The number of ether oxygens (including phenoxy) is 2. The highest BCUT2D eigenvalue weighted by Crippen LogP contribution is 2.70. The quantitative estimate of drug-likeness (QED) is 0.0901. The second-order valence-corrected chi connectivity index (χ2v) is 19.8. The van der Waals surface area contributed by atoms with Gasteiger partial charge >= 0.3 is 6.16 Å². The molecule has 5 fully saturated rings. The van der Waals surface area contributed by atoms with E-state index in [1.165, 1.54) is 102 Å². The number of nitrogens with zero attached hydrogens (tertiary/aromatic N) is 4. The van der Waals surface area contributed by atoms with Gasteiger partial charge < -0.3 is 15.2 Å². The highest BCUT2D eigenvalue weighted by Gasteiger charge is 2.66. The molecule has 0 spiro atoms. The molecule has 0 radical (unpaired) electrons. The molecule has 0 aromatic carbocycles. The lowest BCUT2D eigenvalue weighted by atomic mass is 9.44. The molecular formula is C46H81N5O3. The zero-order chi connectivity index (χ0) is 38.3. The zero-order valence-corrected chi connectivity index (χ0v) is 35.5. The van der Waals surface area contributed by atoms with Gasteiger partial charge in [-0.2, -0.15) is 0 Å². The Morgan fingerprint density at radius 2 is 1.76 bits per heavy atom. The van der Waals surface area contributed by atoms with E-state index >= 15 is 0 Å². The summed E-state index contributed by atoms with van der Waals surface area (Å²) in [5.41, 5.74) is 7.78. The number of hydrogen-bond acceptors (Lipinski definition) is 8. The lowest BCUT2D eigenvalue weighted by Crippen LogP contribution is -2.60. The van der Waals surface area contributed by atoms with Crippen LogP contribution in [0, 0.1) is 40.4 Å². The molecule has 9 unspecified atom stereocenters. The Kier molecular flexibility index (Phi) is 14.7. The molecule has 8 heteroatoms. The van der Waals surface area contributed by atoms with Gasteiger partial charge in [0.2, 0.25) is 0 Å². The first-order valence-corrected chi connectivity index (χ1v) is 23.0. The lowest BCUT2D eigenvalue weighted by Gasteiger charge is -2.62. The van der Waals surface area contributed by atoms with Crippen molar-refractivity contribution in [3.05, 3.63) is 11.6 Å². The monoisotopic (exact) mass is 752 g/mol. The van der Waals surface area contributed by atoms with E-state index in [0.29, 0.717) is 36.6 Å². The number of carbonyl (C=O) groups is 1. The first-order chi connectivity index (χ1) is 26.0. The van der Waals surface area contributed by atoms with Gasteiger partial charge in [0, 0.05) is 32.6 Å². The predicted molar refractivity (Wildman–Crippen MR) is 223 cm³/mol. The molecule has 0 aromatic heterocycles. The summed E-state index contributed by atoms with van der Waals surface area (Å²) in [6, 6.07) is 0. The summed E-state index contributed by atoms with van der Waals surface area (Å²) in [5.74, 6) is 3.49. The van der Waals surface area contributed by atoms with Crippen LogP contribution in [0.1, 0.15) is 150 Å². The van der Waals surface area contributed by atoms with Crippen LogP contribution in [0.25, 0.3) is 0 Å². The number of nitrogens with two attached hydrogens (primary N) is 1. The number of fused-ring (bicyclic) bond motifs is 6. The van der Waals surface area contributed by atoms with Crippen LogP contribution in [0.5, 0.6) is 0 Å². The summed E-state index contributed by atoms with van der Waals surface area (Å²) >= 11 is 0. The molecule has 2 heterocycles. The topological polar surface area (TPSA) is 83.6 Å². The Hall–Kier alpha value is -1.48. The van der Waals surface area contributed by atoms with Crippen LogP contribution in [0.3, 0.4) is 0 Å². The van der Waals surface area contributed by atoms with Crippen LogP contribution in [-0.4, -0.2) is 104 Å². The van der Waals surface area contributed by atoms with Gasteiger partial charge in [0.15, 0.2) is 0 Å². The normalized spacial score (nSPS) is 36.4. The predicted octanol–water partition coefficient (Wildman–Crippen LogP) is 9.32. The molecule has 4 aliphatic carbocycles. The van der Waals surface area contributed by atoms with Crippen LogP contribution in [0.4, 0.5) is 4.79 Å². The van der Waals surface area contributed by atoms with E-state index in [-0.39, 0.29) is 17.1 Å². The summed E-state index contributed by atoms with van der Waals surface area (Å²) in [6.07, 6.45) is 24.3. The van der Waals surface area contributed by atoms with E-state index in [9.17, 15) is 4.79 Å². The van der Waals surface area contributed by atoms with Crippen molar-refractivity contribution in [2.45, 2.75) is 168 Å². The molecule has 0 bridgehead atoms. The molecule has 2 saturated heterocycles. The summed E-state index contributed by atoms with van der Waals surface area (Å²) in [5, 5.41) is 0. The lowest BCUT2D eigenvalue weighted by molar-refractivity contribution is -0.0754. The first-order valence-electron chi connectivity index (χ1n) is 23.0. The van der Waals surface area contributed by atoms with E-state index in [4.69, 9.17) is 20.2 Å². The van der Waals surface area contributed by atoms with Crippen molar-refractivity contribution in [2.24, 2.45) is 51.1 Å². The minimum atomic E-state index is -0.504. The van der Waals surface area contributed by atoms with Gasteiger partial charge in [-0.3, -0.25) is 19.7 Å². The van der Waals surface area contributed by atoms with Crippen LogP contribution in [-0.2, 0) is 9.47 Å². The Morgan fingerprint density at radius 1 is 0.944 bits per heavy atom. The third-order valence-electron chi connectivity index (χ3n) is 16.3. The summed E-state index contributed by atoms with van der Waals surface area (Å²) in [7, 11) is 0. The van der Waals surface area contributed by atoms with Gasteiger partial charge in [0.05, 0.1) is 11.7 Å². The molecule has 6 aliphatic rings. The molecule has 3 saturated carbocycles. The molecule has 0 aromatic rings. The van der Waals surface area contributed by atoms with Crippen LogP contribution < -0.4 is 5.73 Å². The van der Waals surface area contributed by atoms with Crippen LogP contribution in [0.15, 0.2) is 16.6 Å². The summed E-state index contributed by atoms with van der Waals surface area (Å²) < 4.78 is 11.8. The van der Waals surface area contributed by atoms with Crippen molar-refractivity contribution < 1.29 is 14.3 Å². The molecular weight excluding hydrogens is 671 g/mol. The average Bonchev–Trinajstić information content (AvgIpc) is 3.33. The molecule has 8 nitrogen and oxygen atoms in total. The Labute approximate surface area is 330 Å². The van der Waals surface area contributed by atoms with E-state index in [1.54, 1.807) is 0 Å². The minimum absolute atomic E-state index is 0.0660. The van der Waals surface area contributed by atoms with Gasteiger partial charge in [0.25, 0.3) is 0 Å². The second kappa shape index (κ2) is 18.9. The fourth-order valence-electron chi connectivity index (χ4n) is 13.4. The standard InChI is InChI=1S/C46H81N5O3/c1-35(2)14-10-15-36(3)39-17-18-40-45(39,5)23-21-41-44(4)22-20-38(34-37(44)19-24-46(40,41)48-6)54-43(52)53-33-32-49(26-11-25-47)27-12-29-51-31-13-30-50-28-9-7-8-16-42(50)51/h19,35-36,38-42H,6-18,20-34,47H2,1-5H3. The largest absolute Gasteiger partial charge is 0.508 e. The fraction of sp³-hybridized carbons (Fsp3) is 0.913. The van der Waals surface area contributed by atoms with E-state index in [0.717, 1.165) is 82.5 Å². The van der Waals surface area contributed by atoms with E-state index < -0.39 is 6.16 Å². The van der Waals surface area contributed by atoms with Crippen LogP contribution in [0.2, 0.25) is 0 Å². The van der Waals surface area contributed by atoms with Gasteiger partial charge in [-0.05, 0) is 150 Å². The van der Waals surface area contributed by atoms with Crippen LogP contribution >= 0.6 is 0 Å². The Morgan fingerprint density at radius 3 is 2.56 bits per heavy atom. The number of hydrogen-bond donors (Lipinski definition) is 1. The van der Waals surface area contributed by atoms with E-state index in [1.807, 2.05) is 0 Å². The van der Waals surface area contributed by atoms with Crippen molar-refractivity contribution in [2.75, 3.05) is 59.0 Å². The highest BCUT2D eigenvalue weighted by atomic mass is 16.7. The van der Waals surface area contributed by atoms with Crippen molar-refractivity contribution in [3.63, 3.8) is 0 Å². The third kappa shape index (κ3) is 9.12. The number of rotatable bonds is 17. The first kappa shape index (κ1) is 42.1. The van der Waals surface area contributed by atoms with Crippen molar-refractivity contribution >= 4 is 12.9 Å². The van der Waals surface area contributed by atoms with Crippen molar-refractivity contribution in [3.8, 4) is 0 Å². The minimum Gasteiger partial charge on any atom is -0.433 e. The van der Waals surface area contributed by atoms with E-state index in [2.05, 4.69) is 62.1 Å². The van der Waals surface area contributed by atoms with Crippen molar-refractivity contribution in [1.29, 1.82) is 0 Å². The summed E-state index contributed by atoms with van der Waals surface area (Å²) in [6.45, 7) is 25.4. The highest BCUT2D eigenvalue weighted by molar-refractivity contribution is 5.60. The van der Waals surface area contributed by atoms with Crippen molar-refractivity contribution in [1.82, 2.24) is 14.7 Å². The smallest absolute Gasteiger partial charge is 0.433 e. The molecule has 6 rings (SSSR count). The zero-order valence-electron chi connectivity index (χ0n) is 35.5. The Bertz CT molecular complexity index is 1260. The van der Waals surface area contributed by atoms with Gasteiger partial charge in [0.1, 0.15) is 12.7 Å². The number of aliphatic imine (C=N–C) groups is 1. The SMILES string of the molecule is C=NC12CC=C3CC(OC(=O)OCCN(CCCN)CCCN4CCCN5CCCCCC54)CCC3(C)C1CCC1(C)C(C(C)CCCC(C)C)CCC12. The molecule has 54 heavy (non-hydrogen) atoms. The molecule has 9 atom stereocenters. The maximum Gasteiger partial charge on any atom is 0.508 e. The molecule has 2 aliphatic heterocycles. The Balaban J connectivity index is 0.982. The van der Waals surface area contributed by atoms with Gasteiger partial charge in [-0.25, -0.2) is 4.79 Å². The number of carbonyl (C=O) groups excluding carboxylic acids is 1. The second-order valence-electron chi connectivity index (χ2n) is 19.8. The third-order valence-corrected chi connectivity index (χ3v) is 16.3. The van der Waals surface area contributed by atoms with Gasteiger partial charge in [-0.15, -0.1) is 0 Å². The summed E-state index contributed by atoms with van der Waals surface area (Å²) in [4.78, 5) is 26.2. The fourth-order valence-corrected chi connectivity index (χ4v) is 13.4. The van der Waals surface area contributed by atoms with Gasteiger partial charge in [-0.1, -0.05) is 78.4 Å². The molecule has 2 N–H and O–H groups in total. The molecule has 308 valence electrons. The average molecular weight is 752 g/mol. The molecule has 0 amide bonds. The maximum atomic E-state index is 13.1. The maximum absolute atomic E-state index is 13.1.